The molecule has 0 saturated heterocycles. The highest BCUT2D eigenvalue weighted by atomic mass is 14.0. The van der Waals surface area contributed by atoms with Crippen LogP contribution in [0.2, 0.25) is 0 Å². The van der Waals surface area contributed by atoms with Crippen LogP contribution in [0.25, 0.3) is 6.08 Å². The largest absolute Gasteiger partial charge is 0.0795 e. The molecule has 0 amide bonds. The molecule has 0 heteroatoms. The van der Waals surface area contributed by atoms with E-state index in [1.807, 2.05) is 12.1 Å². The molecule has 0 atom stereocenters. The van der Waals surface area contributed by atoms with Crippen molar-refractivity contribution in [1.29, 1.82) is 0 Å². The molecule has 0 fully saturated rings. The molecular weight excluding hydrogens is 108 g/mol. The molecule has 0 bridgehead atoms. The van der Waals surface area contributed by atoms with Crippen molar-refractivity contribution in [2.45, 2.75) is 6.42 Å². The van der Waals surface area contributed by atoms with Crippen molar-refractivity contribution in [3.8, 4) is 0 Å². The number of rotatable bonds is 0. The van der Waals surface area contributed by atoms with Gasteiger partial charge in [-0.05, 0) is 29.7 Å². The van der Waals surface area contributed by atoms with Gasteiger partial charge in [0.25, 0.3) is 0 Å². The van der Waals surface area contributed by atoms with Gasteiger partial charge in [-0.15, -0.1) is 0 Å². The molecule has 1 aromatic carbocycles. The van der Waals surface area contributed by atoms with Crippen LogP contribution in [0.5, 0.6) is 0 Å². The van der Waals surface area contributed by atoms with Gasteiger partial charge in [-0.3, -0.25) is 0 Å². The van der Waals surface area contributed by atoms with Gasteiger partial charge in [0.1, 0.15) is 0 Å². The second-order valence-corrected chi connectivity index (χ2v) is 2.23. The number of fused-ring (bicyclic) bond motifs is 1. The Morgan fingerprint density at radius 1 is 1.44 bits per heavy atom. The predicted octanol–water partition coefficient (Wildman–Crippen LogP) is 2.06. The maximum Gasteiger partial charge on any atom is -0.00882 e. The summed E-state index contributed by atoms with van der Waals surface area (Å²) in [6.07, 6.45) is 5.42. The van der Waals surface area contributed by atoms with Crippen LogP contribution in [0, 0.1) is 6.07 Å². The Bertz CT molecular complexity index is 246. The minimum absolute atomic E-state index is 1.10. The Labute approximate surface area is 54.8 Å². The Balaban J connectivity index is 2.63. The lowest BCUT2D eigenvalue weighted by Crippen LogP contribution is -1.77. The monoisotopic (exact) mass is 115 g/mol. The van der Waals surface area contributed by atoms with Crippen LogP contribution in [0.3, 0.4) is 0 Å². The third-order valence-electron chi connectivity index (χ3n) is 1.63. The molecule has 0 heterocycles. The Kier molecular flexibility index (Phi) is 0.922. The summed E-state index contributed by atoms with van der Waals surface area (Å²) in [7, 11) is 0. The number of hydrogen-bond acceptors (Lipinski definition) is 0. The molecule has 0 nitrogen and oxygen atoms in total. The van der Waals surface area contributed by atoms with Gasteiger partial charge in [-0.1, -0.05) is 24.3 Å². The van der Waals surface area contributed by atoms with Gasteiger partial charge >= 0.3 is 0 Å². The highest BCUT2D eigenvalue weighted by Gasteiger charge is 2.00. The van der Waals surface area contributed by atoms with Gasteiger partial charge in [0.05, 0.1) is 0 Å². The van der Waals surface area contributed by atoms with E-state index in [9.17, 15) is 0 Å². The topological polar surface area (TPSA) is 0 Å². The summed E-state index contributed by atoms with van der Waals surface area (Å²) in [5.41, 5.74) is 2.76. The van der Waals surface area contributed by atoms with Gasteiger partial charge in [0, 0.05) is 0 Å². The fourth-order valence-electron chi connectivity index (χ4n) is 1.13. The van der Waals surface area contributed by atoms with Crippen molar-refractivity contribution in [3.05, 3.63) is 41.5 Å². The molecule has 1 aliphatic carbocycles. The molecule has 9 heavy (non-hydrogen) atoms. The third-order valence-corrected chi connectivity index (χ3v) is 1.63. The average molecular weight is 115 g/mol. The van der Waals surface area contributed by atoms with Crippen LogP contribution < -0.4 is 0 Å². The van der Waals surface area contributed by atoms with E-state index >= 15 is 0 Å². The maximum atomic E-state index is 3.04. The zero-order chi connectivity index (χ0) is 6.10. The Morgan fingerprint density at radius 3 is 3.33 bits per heavy atom. The minimum atomic E-state index is 1.10. The molecule has 0 saturated carbocycles. The lowest BCUT2D eigenvalue weighted by Gasteiger charge is -1.92. The molecule has 43 valence electrons. The van der Waals surface area contributed by atoms with E-state index in [-0.39, 0.29) is 0 Å². The van der Waals surface area contributed by atoms with E-state index in [0.29, 0.717) is 0 Å². The molecule has 1 radical (unpaired) electrons. The first-order chi connectivity index (χ1) is 4.47. The van der Waals surface area contributed by atoms with Crippen molar-refractivity contribution in [2.75, 3.05) is 0 Å². The average Bonchev–Trinajstić information content (AvgIpc) is 2.33. The quantitative estimate of drug-likeness (QED) is 0.485. The SMILES string of the molecule is [c]1ccc2c(c1)C=CC2. The van der Waals surface area contributed by atoms with Crippen LogP contribution in [-0.2, 0) is 6.42 Å². The lowest BCUT2D eigenvalue weighted by atomic mass is 10.1. The van der Waals surface area contributed by atoms with E-state index < -0.39 is 0 Å². The van der Waals surface area contributed by atoms with Crippen LogP contribution >= 0.6 is 0 Å². The lowest BCUT2D eigenvalue weighted by molar-refractivity contribution is 1.31. The van der Waals surface area contributed by atoms with Gasteiger partial charge in [0.2, 0.25) is 0 Å². The normalized spacial score (nSPS) is 13.8. The first-order valence-electron chi connectivity index (χ1n) is 3.12. The standard InChI is InChI=1S/C9H7/c1-2-5-9-7-3-6-8(9)4-1/h1,3-5,7H,6H2. The van der Waals surface area contributed by atoms with E-state index in [4.69, 9.17) is 0 Å². The molecule has 2 rings (SSSR count). The summed E-state index contributed by atoms with van der Waals surface area (Å²) in [5, 5.41) is 0. The highest BCUT2D eigenvalue weighted by molar-refractivity contribution is 5.59. The molecule has 0 spiro atoms. The van der Waals surface area contributed by atoms with Crippen LogP contribution in [0.4, 0.5) is 0 Å². The van der Waals surface area contributed by atoms with Crippen LogP contribution in [0.1, 0.15) is 11.1 Å². The van der Waals surface area contributed by atoms with Crippen LogP contribution in [-0.4, -0.2) is 0 Å². The summed E-state index contributed by atoms with van der Waals surface area (Å²) in [6.45, 7) is 0. The van der Waals surface area contributed by atoms with Crippen molar-refractivity contribution in [2.24, 2.45) is 0 Å². The third kappa shape index (κ3) is 0.672. The summed E-state index contributed by atoms with van der Waals surface area (Å²) in [5.74, 6) is 0. The second kappa shape index (κ2) is 1.73. The fourth-order valence-corrected chi connectivity index (χ4v) is 1.13. The van der Waals surface area contributed by atoms with Gasteiger partial charge in [-0.25, -0.2) is 0 Å². The fraction of sp³-hybridized carbons (Fsp3) is 0.111. The zero-order valence-corrected chi connectivity index (χ0v) is 5.09. The molecular formula is C9H7. The predicted molar refractivity (Wildman–Crippen MR) is 38.0 cm³/mol. The smallest absolute Gasteiger partial charge is 0.00882 e. The highest BCUT2D eigenvalue weighted by Crippen LogP contribution is 2.17. The van der Waals surface area contributed by atoms with Crippen molar-refractivity contribution in [3.63, 3.8) is 0 Å². The Hall–Kier alpha value is -1.04. The molecule has 0 unspecified atom stereocenters. The van der Waals surface area contributed by atoms with Gasteiger partial charge < -0.3 is 0 Å². The minimum Gasteiger partial charge on any atom is -0.0795 e. The molecule has 1 aliphatic rings. The van der Waals surface area contributed by atoms with Gasteiger partial charge in [0.15, 0.2) is 0 Å². The van der Waals surface area contributed by atoms with Crippen LogP contribution in [0.15, 0.2) is 24.3 Å². The maximum absolute atomic E-state index is 3.04. The zero-order valence-electron chi connectivity index (χ0n) is 5.09. The van der Waals surface area contributed by atoms with E-state index in [2.05, 4.69) is 24.3 Å². The number of hydrogen-bond donors (Lipinski definition) is 0. The van der Waals surface area contributed by atoms with Crippen molar-refractivity contribution >= 4 is 6.08 Å². The molecule has 0 N–H and O–H groups in total. The van der Waals surface area contributed by atoms with Crippen molar-refractivity contribution in [1.82, 2.24) is 0 Å². The first-order valence-corrected chi connectivity index (χ1v) is 3.12. The Morgan fingerprint density at radius 2 is 2.44 bits per heavy atom. The first kappa shape index (κ1) is 4.80. The van der Waals surface area contributed by atoms with E-state index in [1.54, 1.807) is 0 Å². The van der Waals surface area contributed by atoms with E-state index in [1.165, 1.54) is 11.1 Å². The number of benzene rings is 1. The summed E-state index contributed by atoms with van der Waals surface area (Å²) in [6, 6.07) is 9.15. The summed E-state index contributed by atoms with van der Waals surface area (Å²) < 4.78 is 0. The van der Waals surface area contributed by atoms with E-state index in [0.717, 1.165) is 6.42 Å². The molecule has 0 aliphatic heterocycles. The van der Waals surface area contributed by atoms with Crippen molar-refractivity contribution < 1.29 is 0 Å². The summed E-state index contributed by atoms with van der Waals surface area (Å²) in [4.78, 5) is 0. The molecule has 0 aromatic heterocycles. The molecule has 1 aromatic rings. The van der Waals surface area contributed by atoms with Gasteiger partial charge in [-0.2, -0.15) is 0 Å². The summed E-state index contributed by atoms with van der Waals surface area (Å²) >= 11 is 0. The second-order valence-electron chi connectivity index (χ2n) is 2.23. The number of allylic oxidation sites excluding steroid dienone is 1.